The Balaban J connectivity index is 1.46. The number of ether oxygens (including phenoxy) is 1. The van der Waals surface area contributed by atoms with E-state index in [1.807, 2.05) is 79.7 Å². The predicted octanol–water partition coefficient (Wildman–Crippen LogP) is 3.45. The zero-order chi connectivity index (χ0) is 25.9. The maximum Gasteiger partial charge on any atom is 0.334 e. The summed E-state index contributed by atoms with van der Waals surface area (Å²) in [5, 5.41) is 0. The second kappa shape index (κ2) is 10.3. The van der Waals surface area contributed by atoms with Gasteiger partial charge in [0, 0.05) is 31.9 Å². The molecule has 3 heterocycles. The molecule has 9 heteroatoms. The highest BCUT2D eigenvalue weighted by molar-refractivity contribution is 5.88. The quantitative estimate of drug-likeness (QED) is 0.392. The maximum absolute atomic E-state index is 13.8. The van der Waals surface area contributed by atoms with Crippen LogP contribution in [0.3, 0.4) is 0 Å². The van der Waals surface area contributed by atoms with Crippen molar-refractivity contribution in [1.82, 2.24) is 23.9 Å². The lowest BCUT2D eigenvalue weighted by Crippen LogP contribution is -2.31. The van der Waals surface area contributed by atoms with E-state index in [0.717, 1.165) is 5.75 Å². The molecule has 0 saturated carbocycles. The normalized spacial score (nSPS) is 15.8. The van der Waals surface area contributed by atoms with Crippen molar-refractivity contribution in [3.8, 4) is 17.2 Å². The molecule has 0 unspecified atom stereocenters. The van der Waals surface area contributed by atoms with Crippen LogP contribution in [0.25, 0.3) is 16.7 Å². The summed E-state index contributed by atoms with van der Waals surface area (Å²) in [4.78, 5) is 34.5. The lowest BCUT2D eigenvalue weighted by molar-refractivity contribution is -0.125. The van der Waals surface area contributed by atoms with Crippen LogP contribution in [0.15, 0.2) is 83.8 Å². The van der Waals surface area contributed by atoms with E-state index in [4.69, 9.17) is 10.5 Å². The molecule has 0 spiro atoms. The number of carbonyl (C=O) groups is 1. The number of hydrogen-bond donors (Lipinski definition) is 1. The number of nitrogens with zero attached hydrogens (tertiary/aromatic N) is 5. The van der Waals surface area contributed by atoms with Crippen molar-refractivity contribution in [2.75, 3.05) is 39.5 Å². The van der Waals surface area contributed by atoms with E-state index in [2.05, 4.69) is 4.98 Å². The first kappa shape index (κ1) is 24.3. The molecule has 2 N–H and O–H groups in total. The lowest BCUT2D eigenvalue weighted by Gasteiger charge is -2.15. The summed E-state index contributed by atoms with van der Waals surface area (Å²) in [6.45, 7) is 1.73. The number of fused-ring (bicyclic) bond motifs is 1. The molecular weight excluding hydrogens is 468 g/mol. The second-order valence-electron chi connectivity index (χ2n) is 9.35. The van der Waals surface area contributed by atoms with Crippen molar-refractivity contribution < 1.29 is 9.53 Å². The lowest BCUT2D eigenvalue weighted by atomic mass is 10.2. The molecule has 1 saturated heterocycles. The van der Waals surface area contributed by atoms with Gasteiger partial charge in [-0.15, -0.1) is 0 Å². The minimum atomic E-state index is -0.214. The van der Waals surface area contributed by atoms with Crippen molar-refractivity contribution in [1.29, 1.82) is 0 Å². The molecule has 2 aromatic carbocycles. The third-order valence-corrected chi connectivity index (χ3v) is 6.46. The van der Waals surface area contributed by atoms with E-state index < -0.39 is 0 Å². The Hall–Kier alpha value is -4.37. The van der Waals surface area contributed by atoms with Gasteiger partial charge >= 0.3 is 5.69 Å². The first-order valence-electron chi connectivity index (χ1n) is 12.2. The first-order valence-corrected chi connectivity index (χ1v) is 12.2. The largest absolute Gasteiger partial charge is 0.457 e. The van der Waals surface area contributed by atoms with Crippen LogP contribution in [-0.2, 0) is 4.79 Å². The number of aromatic nitrogens is 3. The first-order chi connectivity index (χ1) is 17.9. The summed E-state index contributed by atoms with van der Waals surface area (Å²) >= 11 is 0. The van der Waals surface area contributed by atoms with Crippen LogP contribution in [-0.4, -0.2) is 63.6 Å². The highest BCUT2D eigenvalue weighted by Gasteiger charge is 2.30. The molecular formula is C28H30N6O3. The minimum absolute atomic E-state index is 0.0451. The molecule has 1 amide bonds. The molecule has 4 aromatic rings. The van der Waals surface area contributed by atoms with Gasteiger partial charge in [-0.25, -0.2) is 9.78 Å². The summed E-state index contributed by atoms with van der Waals surface area (Å²) in [7, 11) is 3.90. The number of likely N-dealkylation sites (tertiary alicyclic amines) is 1. The van der Waals surface area contributed by atoms with Crippen LogP contribution in [0, 0.1) is 0 Å². The SMILES string of the molecule is CN(C)C/C=C/C(=O)N1CC[C@@H](n2c(=O)n(-c3ccc(Oc4ccccc4)cc3)c3c(N)nccc32)C1. The Labute approximate surface area is 215 Å². The fourth-order valence-electron chi connectivity index (χ4n) is 4.69. The number of hydrogen-bond acceptors (Lipinski definition) is 6. The molecule has 5 rings (SSSR count). The Kier molecular flexibility index (Phi) is 6.78. The monoisotopic (exact) mass is 498 g/mol. The number of imidazole rings is 1. The zero-order valence-corrected chi connectivity index (χ0v) is 20.9. The number of anilines is 1. The molecule has 1 fully saturated rings. The molecule has 1 aliphatic rings. The van der Waals surface area contributed by atoms with E-state index in [-0.39, 0.29) is 23.5 Å². The van der Waals surface area contributed by atoms with Gasteiger partial charge in [0.15, 0.2) is 0 Å². The Morgan fingerprint density at radius 1 is 1.11 bits per heavy atom. The van der Waals surface area contributed by atoms with E-state index >= 15 is 0 Å². The molecule has 2 aromatic heterocycles. The topological polar surface area (TPSA) is 98.6 Å². The number of nitrogen functional groups attached to an aromatic ring is 1. The standard InChI is InChI=1S/C28H30N6O3/c1-31(2)17-6-9-25(35)32-18-15-21(19-32)33-24-14-16-30-27(29)26(24)34(28(33)36)20-10-12-23(13-11-20)37-22-7-4-3-5-8-22/h3-14,16,21H,15,17-19H2,1-2H3,(H2,29,30)/b9-6+/t21-/m1/s1. The second-order valence-corrected chi connectivity index (χ2v) is 9.35. The number of benzene rings is 2. The highest BCUT2D eigenvalue weighted by atomic mass is 16.5. The van der Waals surface area contributed by atoms with Crippen LogP contribution >= 0.6 is 0 Å². The average Bonchev–Trinajstić information content (AvgIpc) is 3.48. The fraction of sp³-hybridized carbons (Fsp3) is 0.250. The number of amides is 1. The van der Waals surface area contributed by atoms with Gasteiger partial charge in [0.25, 0.3) is 0 Å². The highest BCUT2D eigenvalue weighted by Crippen LogP contribution is 2.29. The van der Waals surface area contributed by atoms with Crippen LogP contribution in [0.4, 0.5) is 5.82 Å². The number of rotatable bonds is 7. The number of para-hydroxylation sites is 1. The Morgan fingerprint density at radius 2 is 1.84 bits per heavy atom. The van der Waals surface area contributed by atoms with E-state index in [0.29, 0.717) is 48.5 Å². The molecule has 0 aliphatic carbocycles. The Morgan fingerprint density at radius 3 is 2.57 bits per heavy atom. The molecule has 0 radical (unpaired) electrons. The summed E-state index contributed by atoms with van der Waals surface area (Å²) < 4.78 is 9.23. The fourth-order valence-corrected chi connectivity index (χ4v) is 4.69. The van der Waals surface area contributed by atoms with Crippen molar-refractivity contribution in [3.63, 3.8) is 0 Å². The van der Waals surface area contributed by atoms with E-state index in [1.54, 1.807) is 32.4 Å². The third kappa shape index (κ3) is 4.99. The summed E-state index contributed by atoms with van der Waals surface area (Å²) in [6, 6.07) is 18.4. The van der Waals surface area contributed by atoms with Crippen LogP contribution < -0.4 is 16.2 Å². The summed E-state index contributed by atoms with van der Waals surface area (Å²) in [5.74, 6) is 1.62. The van der Waals surface area contributed by atoms with Gasteiger partial charge < -0.3 is 20.3 Å². The van der Waals surface area contributed by atoms with Gasteiger partial charge in [-0.2, -0.15) is 0 Å². The molecule has 9 nitrogen and oxygen atoms in total. The molecule has 1 aliphatic heterocycles. The number of nitrogens with two attached hydrogens (primary N) is 1. The van der Waals surface area contributed by atoms with Gasteiger partial charge in [0.1, 0.15) is 22.8 Å². The molecule has 190 valence electrons. The zero-order valence-electron chi connectivity index (χ0n) is 20.9. The predicted molar refractivity (Wildman–Crippen MR) is 144 cm³/mol. The van der Waals surface area contributed by atoms with Gasteiger partial charge in [-0.05, 0) is 63.0 Å². The van der Waals surface area contributed by atoms with Crippen molar-refractivity contribution in [2.45, 2.75) is 12.5 Å². The molecule has 0 bridgehead atoms. The van der Waals surface area contributed by atoms with E-state index in [9.17, 15) is 9.59 Å². The van der Waals surface area contributed by atoms with Crippen LogP contribution in [0.2, 0.25) is 0 Å². The minimum Gasteiger partial charge on any atom is -0.457 e. The number of carbonyl (C=O) groups excluding carboxylic acids is 1. The molecule has 1 atom stereocenters. The van der Waals surface area contributed by atoms with Gasteiger partial charge in [-0.3, -0.25) is 13.9 Å². The van der Waals surface area contributed by atoms with Crippen molar-refractivity contribution in [3.05, 3.63) is 89.5 Å². The van der Waals surface area contributed by atoms with Crippen molar-refractivity contribution >= 4 is 22.8 Å². The van der Waals surface area contributed by atoms with Crippen LogP contribution in [0.5, 0.6) is 11.5 Å². The van der Waals surface area contributed by atoms with Crippen molar-refractivity contribution in [2.24, 2.45) is 0 Å². The average molecular weight is 499 g/mol. The molecule has 37 heavy (non-hydrogen) atoms. The van der Waals surface area contributed by atoms with E-state index in [1.165, 1.54) is 0 Å². The number of likely N-dealkylation sites (N-methyl/N-ethyl adjacent to an activating group) is 1. The van der Waals surface area contributed by atoms with Gasteiger partial charge in [0.05, 0.1) is 17.2 Å². The van der Waals surface area contributed by atoms with Crippen LogP contribution in [0.1, 0.15) is 12.5 Å². The summed E-state index contributed by atoms with van der Waals surface area (Å²) in [6.07, 6.45) is 5.75. The third-order valence-electron chi connectivity index (χ3n) is 6.46. The smallest absolute Gasteiger partial charge is 0.334 e. The number of pyridine rings is 1. The maximum atomic E-state index is 13.8. The Bertz CT molecular complexity index is 1490. The summed E-state index contributed by atoms with van der Waals surface area (Å²) in [5.41, 5.74) is 7.97. The van der Waals surface area contributed by atoms with Gasteiger partial charge in [0.2, 0.25) is 5.91 Å². The van der Waals surface area contributed by atoms with Gasteiger partial charge in [-0.1, -0.05) is 24.3 Å².